The first-order valence-corrected chi connectivity index (χ1v) is 7.38. The molecular formula is C11H16N2O5S. The molecule has 0 aromatic heterocycles. The Labute approximate surface area is 111 Å². The van der Waals surface area contributed by atoms with Crippen LogP contribution in [0.1, 0.15) is 18.9 Å². The monoisotopic (exact) mass is 288 g/mol. The van der Waals surface area contributed by atoms with Gasteiger partial charge < -0.3 is 5.11 Å². The van der Waals surface area contributed by atoms with E-state index in [0.717, 1.165) is 0 Å². The first-order valence-electron chi connectivity index (χ1n) is 5.72. The Morgan fingerprint density at radius 3 is 2.58 bits per heavy atom. The van der Waals surface area contributed by atoms with Crippen molar-refractivity contribution in [1.29, 1.82) is 0 Å². The third-order valence-electron chi connectivity index (χ3n) is 2.59. The summed E-state index contributed by atoms with van der Waals surface area (Å²) in [6.07, 6.45) is 0.437. The van der Waals surface area contributed by atoms with Gasteiger partial charge in [0.15, 0.2) is 0 Å². The van der Waals surface area contributed by atoms with E-state index in [1.54, 1.807) is 13.0 Å². The fourth-order valence-electron chi connectivity index (χ4n) is 1.56. The molecule has 0 unspecified atom stereocenters. The van der Waals surface area contributed by atoms with Crippen LogP contribution in [0.25, 0.3) is 0 Å². The summed E-state index contributed by atoms with van der Waals surface area (Å²) in [4.78, 5) is 10.2. The summed E-state index contributed by atoms with van der Waals surface area (Å²) < 4.78 is 26.0. The molecule has 0 saturated carbocycles. The predicted molar refractivity (Wildman–Crippen MR) is 70.0 cm³/mol. The summed E-state index contributed by atoms with van der Waals surface area (Å²) in [6.45, 7) is 1.42. The zero-order valence-corrected chi connectivity index (χ0v) is 11.3. The van der Waals surface area contributed by atoms with E-state index >= 15 is 0 Å². The van der Waals surface area contributed by atoms with Crippen LogP contribution in [-0.4, -0.2) is 31.1 Å². The molecule has 0 radical (unpaired) electrons. The lowest BCUT2D eigenvalue weighted by Crippen LogP contribution is -2.37. The second-order valence-corrected chi connectivity index (χ2v) is 5.80. The Morgan fingerprint density at radius 1 is 1.42 bits per heavy atom. The van der Waals surface area contributed by atoms with Crippen LogP contribution in [0, 0.1) is 10.1 Å². The van der Waals surface area contributed by atoms with Crippen molar-refractivity contribution in [3.63, 3.8) is 0 Å². The van der Waals surface area contributed by atoms with Crippen LogP contribution in [-0.2, 0) is 15.8 Å². The van der Waals surface area contributed by atoms with Crippen LogP contribution in [0.3, 0.4) is 0 Å². The van der Waals surface area contributed by atoms with Crippen molar-refractivity contribution in [3.05, 3.63) is 39.9 Å². The van der Waals surface area contributed by atoms with Gasteiger partial charge >= 0.3 is 0 Å². The van der Waals surface area contributed by atoms with Crippen molar-refractivity contribution in [1.82, 2.24) is 4.72 Å². The maximum Gasteiger partial charge on any atom is 0.273 e. The molecule has 1 atom stereocenters. The van der Waals surface area contributed by atoms with Crippen LogP contribution >= 0.6 is 0 Å². The first-order chi connectivity index (χ1) is 8.89. The van der Waals surface area contributed by atoms with E-state index in [4.69, 9.17) is 5.11 Å². The zero-order chi connectivity index (χ0) is 14.5. The highest BCUT2D eigenvalue weighted by molar-refractivity contribution is 7.88. The van der Waals surface area contributed by atoms with E-state index in [9.17, 15) is 18.5 Å². The minimum absolute atomic E-state index is 0.118. The van der Waals surface area contributed by atoms with Crippen molar-refractivity contribution in [2.24, 2.45) is 0 Å². The molecule has 1 rings (SSSR count). The van der Waals surface area contributed by atoms with Crippen LogP contribution in [0.5, 0.6) is 0 Å². The number of hydrogen-bond donors (Lipinski definition) is 2. The predicted octanol–water partition coefficient (Wildman–Crippen LogP) is 0.785. The fourth-order valence-corrected chi connectivity index (χ4v) is 3.05. The quantitative estimate of drug-likeness (QED) is 0.569. The summed E-state index contributed by atoms with van der Waals surface area (Å²) in [5.74, 6) is -0.485. The molecule has 7 nitrogen and oxygen atoms in total. The van der Waals surface area contributed by atoms with Crippen LogP contribution in [0.15, 0.2) is 24.3 Å². The smallest absolute Gasteiger partial charge is 0.273 e. The molecule has 8 heteroatoms. The third kappa shape index (κ3) is 4.58. The van der Waals surface area contributed by atoms with Crippen molar-refractivity contribution in [2.75, 3.05) is 6.61 Å². The molecule has 0 saturated heterocycles. The Balaban J connectivity index is 2.93. The average molecular weight is 288 g/mol. The molecule has 19 heavy (non-hydrogen) atoms. The Morgan fingerprint density at radius 2 is 2.05 bits per heavy atom. The van der Waals surface area contributed by atoms with E-state index in [1.807, 2.05) is 0 Å². The first kappa shape index (κ1) is 15.5. The van der Waals surface area contributed by atoms with Crippen LogP contribution < -0.4 is 4.72 Å². The SMILES string of the molecule is CC[C@H](CO)NS(=O)(=O)Cc1ccccc1[N+](=O)[O-]. The Kier molecular flexibility index (Phi) is 5.40. The lowest BCUT2D eigenvalue weighted by molar-refractivity contribution is -0.385. The fraction of sp³-hybridized carbons (Fsp3) is 0.455. The number of nitro groups is 1. The van der Waals surface area contributed by atoms with E-state index in [-0.39, 0.29) is 17.9 Å². The molecule has 0 aliphatic carbocycles. The number of nitrogens with zero attached hydrogens (tertiary/aromatic N) is 1. The number of aliphatic hydroxyl groups is 1. The highest BCUT2D eigenvalue weighted by Gasteiger charge is 2.21. The highest BCUT2D eigenvalue weighted by atomic mass is 32.2. The van der Waals surface area contributed by atoms with Crippen molar-refractivity contribution in [3.8, 4) is 0 Å². The van der Waals surface area contributed by atoms with Crippen molar-refractivity contribution < 1.29 is 18.4 Å². The molecule has 0 fully saturated rings. The van der Waals surface area contributed by atoms with Crippen molar-refractivity contribution in [2.45, 2.75) is 25.1 Å². The molecule has 0 amide bonds. The molecule has 0 heterocycles. The second kappa shape index (κ2) is 6.60. The summed E-state index contributed by atoms with van der Waals surface area (Å²) in [5, 5.41) is 19.8. The molecule has 0 aliphatic rings. The van der Waals surface area contributed by atoms with Crippen LogP contribution in [0.2, 0.25) is 0 Å². The number of hydrogen-bond acceptors (Lipinski definition) is 5. The number of sulfonamides is 1. The van der Waals surface area contributed by atoms with Gasteiger partial charge in [-0.3, -0.25) is 10.1 Å². The molecule has 0 spiro atoms. The minimum atomic E-state index is -3.73. The van der Waals surface area contributed by atoms with E-state index in [0.29, 0.717) is 6.42 Å². The third-order valence-corrected chi connectivity index (χ3v) is 3.98. The average Bonchev–Trinajstić information content (AvgIpc) is 2.35. The van der Waals surface area contributed by atoms with E-state index in [2.05, 4.69) is 4.72 Å². The van der Waals surface area contributed by atoms with Crippen LogP contribution in [0.4, 0.5) is 5.69 Å². The lowest BCUT2D eigenvalue weighted by Gasteiger charge is -2.14. The van der Waals surface area contributed by atoms with Gasteiger partial charge in [0, 0.05) is 17.7 Å². The molecular weight excluding hydrogens is 272 g/mol. The molecule has 2 N–H and O–H groups in total. The normalized spacial score (nSPS) is 13.2. The molecule has 0 aliphatic heterocycles. The number of nitro benzene ring substituents is 1. The molecule has 0 bridgehead atoms. The molecule has 1 aromatic rings. The number of nitrogens with one attached hydrogen (secondary N) is 1. The molecule has 1 aromatic carbocycles. The van der Waals surface area contributed by atoms with Gasteiger partial charge in [0.25, 0.3) is 5.69 Å². The van der Waals surface area contributed by atoms with Gasteiger partial charge in [-0.05, 0) is 6.42 Å². The van der Waals surface area contributed by atoms with Gasteiger partial charge in [-0.15, -0.1) is 0 Å². The lowest BCUT2D eigenvalue weighted by atomic mass is 10.2. The van der Waals surface area contributed by atoms with Gasteiger partial charge in [0.05, 0.1) is 17.3 Å². The van der Waals surface area contributed by atoms with Gasteiger partial charge in [-0.1, -0.05) is 25.1 Å². The standard InChI is InChI=1S/C11H16N2O5S/c1-2-10(7-14)12-19(17,18)8-9-5-3-4-6-11(9)13(15)16/h3-6,10,12,14H,2,7-8H2,1H3/t10-/m1/s1. The Hall–Kier alpha value is -1.51. The van der Waals surface area contributed by atoms with Gasteiger partial charge in [0.2, 0.25) is 10.0 Å². The maximum absolute atomic E-state index is 11.9. The summed E-state index contributed by atoms with van der Waals surface area (Å²) in [6, 6.07) is 5.10. The minimum Gasteiger partial charge on any atom is -0.395 e. The van der Waals surface area contributed by atoms with Gasteiger partial charge in [-0.2, -0.15) is 0 Å². The van der Waals surface area contributed by atoms with E-state index < -0.39 is 26.7 Å². The largest absolute Gasteiger partial charge is 0.395 e. The topological polar surface area (TPSA) is 110 Å². The summed E-state index contributed by atoms with van der Waals surface area (Å²) >= 11 is 0. The second-order valence-electron chi connectivity index (χ2n) is 4.05. The van der Waals surface area contributed by atoms with Crippen molar-refractivity contribution >= 4 is 15.7 Å². The van der Waals surface area contributed by atoms with Gasteiger partial charge in [-0.25, -0.2) is 13.1 Å². The zero-order valence-electron chi connectivity index (χ0n) is 10.4. The number of para-hydroxylation sites is 1. The number of rotatable bonds is 7. The number of aliphatic hydroxyl groups excluding tert-OH is 1. The summed E-state index contributed by atoms with van der Waals surface area (Å²) in [7, 11) is -3.73. The Bertz CT molecular complexity index is 540. The summed E-state index contributed by atoms with van der Waals surface area (Å²) in [5.41, 5.74) is -0.113. The maximum atomic E-state index is 11.9. The highest BCUT2D eigenvalue weighted by Crippen LogP contribution is 2.19. The molecule has 106 valence electrons. The van der Waals surface area contributed by atoms with E-state index in [1.165, 1.54) is 18.2 Å². The number of benzene rings is 1. The van der Waals surface area contributed by atoms with Gasteiger partial charge in [0.1, 0.15) is 0 Å².